The van der Waals surface area contributed by atoms with Crippen LogP contribution in [0.4, 0.5) is 0 Å². The van der Waals surface area contributed by atoms with E-state index in [2.05, 4.69) is 34.0 Å². The summed E-state index contributed by atoms with van der Waals surface area (Å²) in [6, 6.07) is 8.14. The van der Waals surface area contributed by atoms with Crippen molar-refractivity contribution in [3.05, 3.63) is 42.2 Å². The average molecular weight is 279 g/mol. The van der Waals surface area contributed by atoms with Crippen LogP contribution in [-0.4, -0.2) is 22.1 Å². The Labute approximate surface area is 123 Å². The molecule has 0 atom stereocenters. The van der Waals surface area contributed by atoms with Crippen molar-refractivity contribution in [2.75, 3.05) is 7.11 Å². The Morgan fingerprint density at radius 1 is 1.10 bits per heavy atom. The molecule has 3 aromatic rings. The van der Waals surface area contributed by atoms with Crippen molar-refractivity contribution >= 4 is 11.2 Å². The molecule has 4 heteroatoms. The molecule has 4 nitrogen and oxygen atoms in total. The van der Waals surface area contributed by atoms with Crippen molar-refractivity contribution in [1.29, 1.82) is 0 Å². The Balaban J connectivity index is 1.94. The minimum atomic E-state index is 0.226. The fourth-order valence-electron chi connectivity index (χ4n) is 2.91. The highest BCUT2D eigenvalue weighted by molar-refractivity contribution is 5.87. The molecular formula is C17H17N3O. The van der Waals surface area contributed by atoms with E-state index in [1.54, 1.807) is 19.5 Å². The number of benzene rings is 1. The summed E-state index contributed by atoms with van der Waals surface area (Å²) in [6.07, 6.45) is 5.91. The van der Waals surface area contributed by atoms with E-state index in [9.17, 15) is 0 Å². The molecule has 0 unspecified atom stereocenters. The number of nitrogens with zero attached hydrogens (tertiary/aromatic N) is 2. The highest BCUT2D eigenvalue weighted by atomic mass is 16.5. The third-order valence-corrected chi connectivity index (χ3v) is 4.41. The summed E-state index contributed by atoms with van der Waals surface area (Å²) in [5.41, 5.74) is 5.69. The molecule has 0 spiro atoms. The lowest BCUT2D eigenvalue weighted by molar-refractivity contribution is 0.415. The number of hydrogen-bond donors (Lipinski definition) is 1. The van der Waals surface area contributed by atoms with Gasteiger partial charge in [0.05, 0.1) is 12.8 Å². The molecule has 0 bridgehead atoms. The van der Waals surface area contributed by atoms with Gasteiger partial charge in [-0.25, -0.2) is 4.98 Å². The first-order valence-corrected chi connectivity index (χ1v) is 7.19. The lowest BCUT2D eigenvalue weighted by Gasteiger charge is -2.11. The Hall–Kier alpha value is -2.36. The predicted molar refractivity (Wildman–Crippen MR) is 82.5 cm³/mol. The van der Waals surface area contributed by atoms with Crippen molar-refractivity contribution < 1.29 is 4.74 Å². The van der Waals surface area contributed by atoms with Crippen molar-refractivity contribution in [2.24, 2.45) is 0 Å². The summed E-state index contributed by atoms with van der Waals surface area (Å²) in [5.74, 6) is 0.866. The fourth-order valence-corrected chi connectivity index (χ4v) is 2.91. The van der Waals surface area contributed by atoms with Crippen LogP contribution in [0.5, 0.6) is 5.75 Å². The Bertz CT molecular complexity index is 801. The monoisotopic (exact) mass is 279 g/mol. The number of aromatic nitrogens is 3. The van der Waals surface area contributed by atoms with E-state index in [1.807, 2.05) is 12.1 Å². The van der Waals surface area contributed by atoms with Crippen LogP contribution in [0.2, 0.25) is 0 Å². The average Bonchev–Trinajstić information content (AvgIpc) is 3.14. The summed E-state index contributed by atoms with van der Waals surface area (Å²) in [7, 11) is 1.68. The maximum atomic E-state index is 5.24. The zero-order valence-corrected chi connectivity index (χ0v) is 12.2. The molecule has 0 radical (unpaired) electrons. The van der Waals surface area contributed by atoms with Gasteiger partial charge in [0.15, 0.2) is 5.65 Å². The molecule has 1 aliphatic carbocycles. The SMILES string of the molecule is COc1ccc(-c2[nH]c3nccnc3c2C2(C)CC2)cc1. The van der Waals surface area contributed by atoms with Crippen molar-refractivity contribution in [1.82, 2.24) is 15.0 Å². The van der Waals surface area contributed by atoms with Gasteiger partial charge in [-0.3, -0.25) is 4.98 Å². The topological polar surface area (TPSA) is 50.8 Å². The van der Waals surface area contributed by atoms with Gasteiger partial charge in [0.1, 0.15) is 11.3 Å². The van der Waals surface area contributed by atoms with Crippen LogP contribution in [0.3, 0.4) is 0 Å². The van der Waals surface area contributed by atoms with Gasteiger partial charge >= 0.3 is 0 Å². The summed E-state index contributed by atoms with van der Waals surface area (Å²) in [6.45, 7) is 2.30. The second-order valence-corrected chi connectivity index (χ2v) is 5.92. The van der Waals surface area contributed by atoms with E-state index in [4.69, 9.17) is 4.74 Å². The normalized spacial score (nSPS) is 16.1. The van der Waals surface area contributed by atoms with Crippen molar-refractivity contribution in [2.45, 2.75) is 25.2 Å². The van der Waals surface area contributed by atoms with Crippen molar-refractivity contribution in [3.8, 4) is 17.0 Å². The van der Waals surface area contributed by atoms with Gasteiger partial charge in [-0.05, 0) is 48.1 Å². The van der Waals surface area contributed by atoms with Crippen LogP contribution in [0.15, 0.2) is 36.7 Å². The predicted octanol–water partition coefficient (Wildman–Crippen LogP) is 3.69. The van der Waals surface area contributed by atoms with Gasteiger partial charge in [0.25, 0.3) is 0 Å². The number of H-pyrrole nitrogens is 1. The second-order valence-electron chi connectivity index (χ2n) is 5.92. The van der Waals surface area contributed by atoms with Gasteiger partial charge in [-0.15, -0.1) is 0 Å². The molecule has 1 aliphatic rings. The quantitative estimate of drug-likeness (QED) is 0.795. The molecule has 21 heavy (non-hydrogen) atoms. The van der Waals surface area contributed by atoms with Crippen LogP contribution in [0, 0.1) is 0 Å². The maximum Gasteiger partial charge on any atom is 0.156 e. The summed E-state index contributed by atoms with van der Waals surface area (Å²) < 4.78 is 5.24. The van der Waals surface area contributed by atoms with Gasteiger partial charge in [0.2, 0.25) is 0 Å². The Morgan fingerprint density at radius 2 is 1.81 bits per heavy atom. The minimum Gasteiger partial charge on any atom is -0.497 e. The number of methoxy groups -OCH3 is 1. The number of fused-ring (bicyclic) bond motifs is 1. The summed E-state index contributed by atoms with van der Waals surface area (Å²) in [5, 5.41) is 0. The van der Waals surface area contributed by atoms with E-state index in [0.717, 1.165) is 28.2 Å². The first-order chi connectivity index (χ1) is 10.2. The maximum absolute atomic E-state index is 5.24. The number of rotatable bonds is 3. The van der Waals surface area contributed by atoms with E-state index in [0.29, 0.717) is 0 Å². The second kappa shape index (κ2) is 4.32. The molecule has 0 amide bonds. The Morgan fingerprint density at radius 3 is 2.48 bits per heavy atom. The van der Waals surface area contributed by atoms with Crippen LogP contribution >= 0.6 is 0 Å². The Kier molecular flexibility index (Phi) is 2.55. The smallest absolute Gasteiger partial charge is 0.156 e. The van der Waals surface area contributed by atoms with Gasteiger partial charge in [-0.2, -0.15) is 0 Å². The van der Waals surface area contributed by atoms with Gasteiger partial charge in [-0.1, -0.05) is 6.92 Å². The molecule has 1 saturated carbocycles. The van der Waals surface area contributed by atoms with Gasteiger partial charge < -0.3 is 9.72 Å². The third kappa shape index (κ3) is 1.90. The first kappa shape index (κ1) is 12.4. The molecule has 106 valence electrons. The molecular weight excluding hydrogens is 262 g/mol. The number of nitrogens with one attached hydrogen (secondary N) is 1. The summed E-state index contributed by atoms with van der Waals surface area (Å²) >= 11 is 0. The molecule has 1 fully saturated rings. The lowest BCUT2D eigenvalue weighted by Crippen LogP contribution is -2.01. The number of aromatic amines is 1. The summed E-state index contributed by atoms with van der Waals surface area (Å²) in [4.78, 5) is 12.4. The number of ether oxygens (including phenoxy) is 1. The van der Waals surface area contributed by atoms with Crippen LogP contribution in [0.25, 0.3) is 22.4 Å². The van der Waals surface area contributed by atoms with Gasteiger partial charge in [0, 0.05) is 18.0 Å². The van der Waals surface area contributed by atoms with E-state index >= 15 is 0 Å². The van der Waals surface area contributed by atoms with Crippen molar-refractivity contribution in [3.63, 3.8) is 0 Å². The van der Waals surface area contributed by atoms with Crippen LogP contribution in [-0.2, 0) is 5.41 Å². The first-order valence-electron chi connectivity index (χ1n) is 7.19. The minimum absolute atomic E-state index is 0.226. The zero-order chi connectivity index (χ0) is 14.4. The van der Waals surface area contributed by atoms with Crippen LogP contribution < -0.4 is 4.74 Å². The molecule has 0 aliphatic heterocycles. The zero-order valence-electron chi connectivity index (χ0n) is 12.2. The lowest BCUT2D eigenvalue weighted by atomic mass is 9.94. The van der Waals surface area contributed by atoms with E-state index in [1.165, 1.54) is 18.4 Å². The fraction of sp³-hybridized carbons (Fsp3) is 0.294. The van der Waals surface area contributed by atoms with Crippen LogP contribution in [0.1, 0.15) is 25.3 Å². The van der Waals surface area contributed by atoms with E-state index < -0.39 is 0 Å². The molecule has 2 aromatic heterocycles. The molecule has 0 saturated heterocycles. The highest BCUT2D eigenvalue weighted by Crippen LogP contribution is 2.52. The molecule has 2 heterocycles. The van der Waals surface area contributed by atoms with E-state index in [-0.39, 0.29) is 5.41 Å². The molecule has 1 aromatic carbocycles. The standard InChI is InChI=1S/C17H17N3O/c1-17(7-8-17)13-14(11-3-5-12(21-2)6-4-11)20-16-15(13)18-9-10-19-16/h3-6,9-10H,7-8H2,1-2H3,(H,19,20). The highest BCUT2D eigenvalue weighted by Gasteiger charge is 2.43. The third-order valence-electron chi connectivity index (χ3n) is 4.41. The molecule has 4 rings (SSSR count). The largest absolute Gasteiger partial charge is 0.497 e. The number of hydrogen-bond acceptors (Lipinski definition) is 3. The molecule has 1 N–H and O–H groups in total.